The van der Waals surface area contributed by atoms with Crippen LogP contribution in [0.2, 0.25) is 0 Å². The molecule has 0 unspecified atom stereocenters. The van der Waals surface area contributed by atoms with Crippen LogP contribution in [0.25, 0.3) is 11.0 Å². The Bertz CT molecular complexity index is 779. The average molecular weight is 302 g/mol. The van der Waals surface area contributed by atoms with E-state index in [1.54, 1.807) is 0 Å². The van der Waals surface area contributed by atoms with E-state index in [-0.39, 0.29) is 13.1 Å². The molecule has 0 saturated heterocycles. The van der Waals surface area contributed by atoms with Crippen molar-refractivity contribution in [1.29, 1.82) is 0 Å². The molecule has 1 heterocycles. The minimum Gasteiger partial charge on any atom is -0.305 e. The first-order valence-corrected chi connectivity index (χ1v) is 7.30. The zero-order valence-corrected chi connectivity index (χ0v) is 11.9. The summed E-state index contributed by atoms with van der Waals surface area (Å²) >= 11 is 0. The molecule has 0 atom stereocenters. The number of rotatable bonds is 5. The fourth-order valence-electron chi connectivity index (χ4n) is 1.77. The van der Waals surface area contributed by atoms with Crippen LogP contribution in [0.3, 0.4) is 0 Å². The molecule has 0 bridgehead atoms. The molecule has 0 aliphatic heterocycles. The molecule has 110 valence electrons. The Labute approximate surface area is 115 Å². The first-order chi connectivity index (χ1) is 9.31. The van der Waals surface area contributed by atoms with Crippen LogP contribution in [0.15, 0.2) is 23.0 Å². The molecule has 1 aromatic heterocycles. The number of aromatic nitrogens is 2. The van der Waals surface area contributed by atoms with E-state index in [4.69, 9.17) is 0 Å². The normalized spacial score (nSPS) is 12.4. The van der Waals surface area contributed by atoms with Crippen LogP contribution in [0.4, 0.5) is 4.39 Å². The molecule has 0 amide bonds. The number of fused-ring (bicyclic) bond motifs is 1. The molecule has 0 spiro atoms. The Morgan fingerprint density at radius 1 is 1.40 bits per heavy atom. The van der Waals surface area contributed by atoms with Crippen molar-refractivity contribution in [3.05, 3.63) is 34.5 Å². The molecular weight excluding hydrogens is 287 g/mol. The highest BCUT2D eigenvalue weighted by Gasteiger charge is 2.13. The van der Waals surface area contributed by atoms with Crippen LogP contribution < -0.4 is 10.4 Å². The van der Waals surface area contributed by atoms with E-state index >= 15 is 0 Å². The first kappa shape index (κ1) is 14.7. The van der Waals surface area contributed by atoms with Crippen molar-refractivity contribution in [2.75, 3.05) is 20.6 Å². The fourth-order valence-corrected chi connectivity index (χ4v) is 2.38. The van der Waals surface area contributed by atoms with Crippen LogP contribution in [0.5, 0.6) is 0 Å². The minimum atomic E-state index is -3.53. The molecule has 2 rings (SSSR count). The third-order valence-corrected chi connectivity index (χ3v) is 4.37. The van der Waals surface area contributed by atoms with Gasteiger partial charge in [-0.25, -0.2) is 13.9 Å². The monoisotopic (exact) mass is 302 g/mol. The van der Waals surface area contributed by atoms with Crippen LogP contribution >= 0.6 is 0 Å². The lowest BCUT2D eigenvalue weighted by Crippen LogP contribution is -2.38. The van der Waals surface area contributed by atoms with E-state index in [1.165, 1.54) is 36.9 Å². The summed E-state index contributed by atoms with van der Waals surface area (Å²) in [5, 5.41) is 0. The van der Waals surface area contributed by atoms with Crippen molar-refractivity contribution < 1.29 is 12.8 Å². The van der Waals surface area contributed by atoms with Crippen LogP contribution in [-0.4, -0.2) is 42.9 Å². The van der Waals surface area contributed by atoms with E-state index in [1.807, 2.05) is 0 Å². The molecular formula is C11H15FN4O3S. The smallest absolute Gasteiger partial charge is 0.305 e. The molecule has 0 saturated carbocycles. The molecule has 1 aromatic carbocycles. The van der Waals surface area contributed by atoms with Gasteiger partial charge in [0.05, 0.1) is 11.0 Å². The number of benzene rings is 1. The lowest BCUT2D eigenvalue weighted by molar-refractivity contribution is 0.501. The third kappa shape index (κ3) is 2.89. The predicted octanol–water partition coefficient (Wildman–Crippen LogP) is -0.135. The summed E-state index contributed by atoms with van der Waals surface area (Å²) in [5.74, 6) is -0.445. The number of aromatic amines is 1. The second-order valence-corrected chi connectivity index (χ2v) is 6.39. The summed E-state index contributed by atoms with van der Waals surface area (Å²) in [6, 6.07) is 3.94. The number of hydrogen-bond donors (Lipinski definition) is 2. The van der Waals surface area contributed by atoms with Crippen molar-refractivity contribution in [3.63, 3.8) is 0 Å². The molecule has 2 N–H and O–H groups in total. The number of H-pyrrole nitrogens is 1. The Morgan fingerprint density at radius 2 is 2.10 bits per heavy atom. The van der Waals surface area contributed by atoms with Crippen LogP contribution in [0, 0.1) is 5.82 Å². The molecule has 0 aliphatic carbocycles. The van der Waals surface area contributed by atoms with E-state index in [0.717, 1.165) is 4.31 Å². The zero-order valence-electron chi connectivity index (χ0n) is 11.1. The Hall–Kier alpha value is -1.71. The Balaban J connectivity index is 2.19. The largest absolute Gasteiger partial charge is 0.326 e. The van der Waals surface area contributed by atoms with Gasteiger partial charge < -0.3 is 4.98 Å². The van der Waals surface area contributed by atoms with Crippen LogP contribution in [0.1, 0.15) is 0 Å². The van der Waals surface area contributed by atoms with Gasteiger partial charge in [0.1, 0.15) is 5.82 Å². The maximum absolute atomic E-state index is 13.0. The Morgan fingerprint density at radius 3 is 2.75 bits per heavy atom. The minimum absolute atomic E-state index is 0.0603. The predicted molar refractivity (Wildman–Crippen MR) is 73.1 cm³/mol. The highest BCUT2D eigenvalue weighted by molar-refractivity contribution is 7.87. The van der Waals surface area contributed by atoms with Gasteiger partial charge in [-0.05, 0) is 18.2 Å². The summed E-state index contributed by atoms with van der Waals surface area (Å²) in [7, 11) is -0.715. The SMILES string of the molecule is CN(C)S(=O)(=O)NCCn1c(=O)[nH]c2cc(F)ccc21. The molecule has 0 fully saturated rings. The summed E-state index contributed by atoms with van der Waals surface area (Å²) in [6.45, 7) is 0.211. The molecule has 0 radical (unpaired) electrons. The number of hydrogen-bond acceptors (Lipinski definition) is 3. The van der Waals surface area contributed by atoms with Crippen molar-refractivity contribution in [2.45, 2.75) is 6.54 Å². The van der Waals surface area contributed by atoms with E-state index in [2.05, 4.69) is 9.71 Å². The number of nitrogens with zero attached hydrogens (tertiary/aromatic N) is 2. The van der Waals surface area contributed by atoms with Gasteiger partial charge >= 0.3 is 5.69 Å². The highest BCUT2D eigenvalue weighted by Crippen LogP contribution is 2.11. The van der Waals surface area contributed by atoms with E-state index in [9.17, 15) is 17.6 Å². The average Bonchev–Trinajstić information content (AvgIpc) is 2.64. The van der Waals surface area contributed by atoms with Gasteiger partial charge in [0, 0.05) is 27.2 Å². The fraction of sp³-hybridized carbons (Fsp3) is 0.364. The number of nitrogens with one attached hydrogen (secondary N) is 2. The van der Waals surface area contributed by atoms with Crippen molar-refractivity contribution in [2.24, 2.45) is 0 Å². The molecule has 0 aliphatic rings. The van der Waals surface area contributed by atoms with Crippen molar-refractivity contribution in [1.82, 2.24) is 18.6 Å². The van der Waals surface area contributed by atoms with Gasteiger partial charge in [0.15, 0.2) is 0 Å². The maximum atomic E-state index is 13.0. The summed E-state index contributed by atoms with van der Waals surface area (Å²) in [5.41, 5.74) is 0.501. The van der Waals surface area contributed by atoms with Gasteiger partial charge in [-0.1, -0.05) is 0 Å². The second kappa shape index (κ2) is 5.35. The maximum Gasteiger partial charge on any atom is 0.326 e. The topological polar surface area (TPSA) is 87.2 Å². The molecule has 9 heteroatoms. The zero-order chi connectivity index (χ0) is 14.9. The van der Waals surface area contributed by atoms with E-state index < -0.39 is 21.7 Å². The van der Waals surface area contributed by atoms with Crippen molar-refractivity contribution >= 4 is 21.2 Å². The standard InChI is InChI=1S/C11H15FN4O3S/c1-15(2)20(18,19)13-5-6-16-10-4-3-8(12)7-9(10)14-11(16)17/h3-4,7,13H,5-6H2,1-2H3,(H,14,17). The molecule has 20 heavy (non-hydrogen) atoms. The molecule has 2 aromatic rings. The van der Waals surface area contributed by atoms with Crippen molar-refractivity contribution in [3.8, 4) is 0 Å². The van der Waals surface area contributed by atoms with Gasteiger partial charge in [-0.15, -0.1) is 0 Å². The second-order valence-electron chi connectivity index (χ2n) is 4.43. The lowest BCUT2D eigenvalue weighted by Gasteiger charge is -2.12. The lowest BCUT2D eigenvalue weighted by atomic mass is 10.3. The first-order valence-electron chi connectivity index (χ1n) is 5.86. The van der Waals surface area contributed by atoms with Gasteiger partial charge in [0.2, 0.25) is 0 Å². The number of halogens is 1. The van der Waals surface area contributed by atoms with Gasteiger partial charge in [-0.3, -0.25) is 4.57 Å². The summed E-state index contributed by atoms with van der Waals surface area (Å²) in [4.78, 5) is 14.3. The highest BCUT2D eigenvalue weighted by atomic mass is 32.2. The van der Waals surface area contributed by atoms with E-state index in [0.29, 0.717) is 11.0 Å². The Kier molecular flexibility index (Phi) is 3.93. The molecule has 7 nitrogen and oxygen atoms in total. The summed E-state index contributed by atoms with van der Waals surface area (Å²) < 4.78 is 40.8. The third-order valence-electron chi connectivity index (χ3n) is 2.84. The van der Waals surface area contributed by atoms with Gasteiger partial charge in [0.25, 0.3) is 10.2 Å². The van der Waals surface area contributed by atoms with Gasteiger partial charge in [-0.2, -0.15) is 12.7 Å². The quantitative estimate of drug-likeness (QED) is 0.806. The van der Waals surface area contributed by atoms with Crippen LogP contribution in [-0.2, 0) is 16.8 Å². The summed E-state index contributed by atoms with van der Waals surface area (Å²) in [6.07, 6.45) is 0. The number of imidazole rings is 1.